The Morgan fingerprint density at radius 2 is 2.12 bits per heavy atom. The van der Waals surface area contributed by atoms with Crippen LogP contribution in [0.4, 0.5) is 11.4 Å². The molecule has 0 aliphatic rings. The molecule has 1 rings (SSSR count). The molecule has 0 heterocycles. The van der Waals surface area contributed by atoms with Crippen molar-refractivity contribution in [1.29, 1.82) is 0 Å². The third-order valence-electron chi connectivity index (χ3n) is 2.28. The van der Waals surface area contributed by atoms with Crippen LogP contribution in [-0.4, -0.2) is 30.7 Å². The molecule has 0 saturated carbocycles. The van der Waals surface area contributed by atoms with Crippen LogP contribution in [0.15, 0.2) is 12.1 Å². The molecule has 0 unspecified atom stereocenters. The largest absolute Gasteiger partial charge is 0.478 e. The molecule has 0 saturated heterocycles. The van der Waals surface area contributed by atoms with Gasteiger partial charge in [0, 0.05) is 11.4 Å². The first-order valence-electron chi connectivity index (χ1n) is 4.89. The van der Waals surface area contributed by atoms with Crippen molar-refractivity contribution in [3.8, 4) is 0 Å². The first-order valence-corrected chi connectivity index (χ1v) is 4.89. The fraction of sp³-hybridized carbons (Fsp3) is 0.273. The van der Waals surface area contributed by atoms with Gasteiger partial charge in [-0.05, 0) is 24.6 Å². The van der Waals surface area contributed by atoms with Crippen LogP contribution in [0.25, 0.3) is 0 Å². The Kier molecular flexibility index (Phi) is 3.92. The predicted molar refractivity (Wildman–Crippen MR) is 63.1 cm³/mol. The van der Waals surface area contributed by atoms with Gasteiger partial charge in [-0.25, -0.2) is 4.79 Å². The molecule has 1 aromatic rings. The van der Waals surface area contributed by atoms with E-state index in [0.717, 1.165) is 0 Å². The van der Waals surface area contributed by atoms with Gasteiger partial charge in [0.2, 0.25) is 0 Å². The molecule has 1 aromatic carbocycles. The number of carbonyl (C=O) groups excluding carboxylic acids is 1. The van der Waals surface area contributed by atoms with Crippen LogP contribution in [-0.2, 0) is 9.53 Å². The van der Waals surface area contributed by atoms with Crippen LogP contribution < -0.4 is 11.1 Å². The number of anilines is 2. The average molecular weight is 238 g/mol. The average Bonchev–Trinajstić information content (AvgIpc) is 2.29. The van der Waals surface area contributed by atoms with E-state index in [2.05, 4.69) is 10.1 Å². The molecule has 0 spiro atoms. The van der Waals surface area contributed by atoms with Crippen molar-refractivity contribution in [3.05, 3.63) is 23.3 Å². The monoisotopic (exact) mass is 238 g/mol. The molecule has 0 atom stereocenters. The Hall–Kier alpha value is -2.24. The number of benzene rings is 1. The van der Waals surface area contributed by atoms with E-state index < -0.39 is 11.9 Å². The highest BCUT2D eigenvalue weighted by molar-refractivity contribution is 5.96. The predicted octanol–water partition coefficient (Wildman–Crippen LogP) is 0.860. The number of nitrogens with one attached hydrogen (secondary N) is 1. The highest BCUT2D eigenvalue weighted by Gasteiger charge is 2.12. The lowest BCUT2D eigenvalue weighted by Crippen LogP contribution is -2.15. The maximum atomic E-state index is 10.9. The van der Waals surface area contributed by atoms with Gasteiger partial charge < -0.3 is 20.9 Å². The molecule has 0 aromatic heterocycles. The van der Waals surface area contributed by atoms with Crippen molar-refractivity contribution in [2.24, 2.45) is 0 Å². The normalized spacial score (nSPS) is 9.76. The molecule has 17 heavy (non-hydrogen) atoms. The standard InChI is InChI=1S/C11H14N2O4/c1-6-3-7(13-5-9(14)17-2)4-8(10(6)12)11(15)16/h3-4,13H,5,12H2,1-2H3,(H,15,16). The van der Waals surface area contributed by atoms with Crippen LogP contribution in [0.5, 0.6) is 0 Å². The van der Waals surface area contributed by atoms with Gasteiger partial charge in [-0.15, -0.1) is 0 Å². The van der Waals surface area contributed by atoms with Crippen LogP contribution in [0, 0.1) is 6.92 Å². The lowest BCUT2D eigenvalue weighted by atomic mass is 10.1. The summed E-state index contributed by atoms with van der Waals surface area (Å²) in [5.74, 6) is -1.54. The Labute approximate surface area is 98.4 Å². The number of carboxylic acids is 1. The number of carboxylic acid groups (broad SMARTS) is 1. The molecule has 0 aliphatic heterocycles. The van der Waals surface area contributed by atoms with E-state index in [-0.39, 0.29) is 17.8 Å². The van der Waals surface area contributed by atoms with Crippen LogP contribution in [0.2, 0.25) is 0 Å². The SMILES string of the molecule is COC(=O)CNc1cc(C)c(N)c(C(=O)O)c1. The molecular formula is C11H14N2O4. The number of aromatic carboxylic acids is 1. The molecular weight excluding hydrogens is 224 g/mol. The number of hydrogen-bond acceptors (Lipinski definition) is 5. The van der Waals surface area contributed by atoms with Gasteiger partial charge in [0.25, 0.3) is 0 Å². The van der Waals surface area contributed by atoms with E-state index >= 15 is 0 Å². The summed E-state index contributed by atoms with van der Waals surface area (Å²) in [7, 11) is 1.28. The van der Waals surface area contributed by atoms with Gasteiger partial charge in [-0.2, -0.15) is 0 Å². The quantitative estimate of drug-likeness (QED) is 0.531. The maximum absolute atomic E-state index is 10.9. The van der Waals surface area contributed by atoms with Crippen LogP contribution >= 0.6 is 0 Å². The zero-order valence-corrected chi connectivity index (χ0v) is 9.61. The van der Waals surface area contributed by atoms with Gasteiger partial charge in [0.1, 0.15) is 6.54 Å². The first-order chi connectivity index (χ1) is 7.95. The molecule has 0 radical (unpaired) electrons. The molecule has 92 valence electrons. The van der Waals surface area contributed by atoms with Crippen molar-refractivity contribution in [2.75, 3.05) is 24.7 Å². The fourth-order valence-electron chi connectivity index (χ4n) is 1.32. The minimum atomic E-state index is -1.10. The molecule has 6 heteroatoms. The molecule has 6 nitrogen and oxygen atoms in total. The molecule has 0 amide bonds. The van der Waals surface area contributed by atoms with Crippen molar-refractivity contribution in [1.82, 2.24) is 0 Å². The minimum Gasteiger partial charge on any atom is -0.478 e. The molecule has 0 aliphatic carbocycles. The summed E-state index contributed by atoms with van der Waals surface area (Å²) in [6.07, 6.45) is 0. The summed E-state index contributed by atoms with van der Waals surface area (Å²) in [6.45, 7) is 1.67. The van der Waals surface area contributed by atoms with Gasteiger partial charge in [0.05, 0.1) is 12.7 Å². The Bertz CT molecular complexity index is 457. The van der Waals surface area contributed by atoms with E-state index in [0.29, 0.717) is 11.3 Å². The topological polar surface area (TPSA) is 102 Å². The summed E-state index contributed by atoms with van der Waals surface area (Å²) in [6, 6.07) is 3.05. The Morgan fingerprint density at radius 3 is 2.65 bits per heavy atom. The van der Waals surface area contributed by atoms with E-state index in [1.165, 1.54) is 13.2 Å². The second-order valence-corrected chi connectivity index (χ2v) is 3.49. The Morgan fingerprint density at radius 1 is 1.47 bits per heavy atom. The number of carbonyl (C=O) groups is 2. The smallest absolute Gasteiger partial charge is 0.337 e. The summed E-state index contributed by atoms with van der Waals surface area (Å²) < 4.78 is 4.46. The summed E-state index contributed by atoms with van der Waals surface area (Å²) in [5, 5.41) is 11.7. The summed E-state index contributed by atoms with van der Waals surface area (Å²) in [4.78, 5) is 21.9. The van der Waals surface area contributed by atoms with Gasteiger partial charge in [0.15, 0.2) is 0 Å². The van der Waals surface area contributed by atoms with E-state index in [1.807, 2.05) is 0 Å². The summed E-state index contributed by atoms with van der Waals surface area (Å²) >= 11 is 0. The van der Waals surface area contributed by atoms with Crippen molar-refractivity contribution >= 4 is 23.3 Å². The molecule has 4 N–H and O–H groups in total. The highest BCUT2D eigenvalue weighted by Crippen LogP contribution is 2.22. The number of ether oxygens (including phenoxy) is 1. The third-order valence-corrected chi connectivity index (χ3v) is 2.28. The fourth-order valence-corrected chi connectivity index (χ4v) is 1.32. The highest BCUT2D eigenvalue weighted by atomic mass is 16.5. The molecule has 0 fully saturated rings. The number of esters is 1. The number of methoxy groups -OCH3 is 1. The van der Waals surface area contributed by atoms with E-state index in [1.54, 1.807) is 13.0 Å². The number of aryl methyl sites for hydroxylation is 1. The maximum Gasteiger partial charge on any atom is 0.337 e. The number of nitrogens with two attached hydrogens (primary N) is 1. The lowest BCUT2D eigenvalue weighted by molar-refractivity contribution is -0.138. The number of nitrogen functional groups attached to an aromatic ring is 1. The minimum absolute atomic E-state index is 0.0114. The summed E-state index contributed by atoms with van der Waals surface area (Å²) in [5.41, 5.74) is 7.02. The van der Waals surface area contributed by atoms with Crippen LogP contribution in [0.1, 0.15) is 15.9 Å². The van der Waals surface area contributed by atoms with Gasteiger partial charge in [-0.1, -0.05) is 0 Å². The van der Waals surface area contributed by atoms with Gasteiger partial charge >= 0.3 is 11.9 Å². The second kappa shape index (κ2) is 5.20. The zero-order valence-electron chi connectivity index (χ0n) is 9.61. The van der Waals surface area contributed by atoms with E-state index in [4.69, 9.17) is 10.8 Å². The Balaban J connectivity index is 2.95. The van der Waals surface area contributed by atoms with Gasteiger partial charge in [-0.3, -0.25) is 4.79 Å². The number of hydrogen-bond donors (Lipinski definition) is 3. The van der Waals surface area contributed by atoms with Crippen LogP contribution in [0.3, 0.4) is 0 Å². The van der Waals surface area contributed by atoms with Crippen molar-refractivity contribution < 1.29 is 19.4 Å². The zero-order chi connectivity index (χ0) is 13.0. The third kappa shape index (κ3) is 3.10. The van der Waals surface area contributed by atoms with E-state index in [9.17, 15) is 9.59 Å². The van der Waals surface area contributed by atoms with Crippen molar-refractivity contribution in [2.45, 2.75) is 6.92 Å². The second-order valence-electron chi connectivity index (χ2n) is 3.49. The number of rotatable bonds is 4. The van der Waals surface area contributed by atoms with Crippen molar-refractivity contribution in [3.63, 3.8) is 0 Å². The first kappa shape index (κ1) is 12.8. The lowest BCUT2D eigenvalue weighted by Gasteiger charge is -2.10. The molecule has 0 bridgehead atoms.